The third-order valence-electron chi connectivity index (χ3n) is 3.98. The van der Waals surface area contributed by atoms with Gasteiger partial charge in [-0.15, -0.1) is 0 Å². The van der Waals surface area contributed by atoms with E-state index < -0.39 is 0 Å². The molecule has 14 heavy (non-hydrogen) atoms. The first kappa shape index (κ1) is 14.0. The summed E-state index contributed by atoms with van der Waals surface area (Å²) in [5.74, 6) is 0. The van der Waals surface area contributed by atoms with Crippen LogP contribution in [-0.4, -0.2) is 24.0 Å². The minimum atomic E-state index is 0.351. The molecule has 0 aliphatic heterocycles. The van der Waals surface area contributed by atoms with Crippen molar-refractivity contribution in [1.29, 1.82) is 0 Å². The van der Waals surface area contributed by atoms with E-state index in [0.29, 0.717) is 11.0 Å². The molecule has 0 saturated carbocycles. The van der Waals surface area contributed by atoms with Crippen molar-refractivity contribution in [1.82, 2.24) is 4.90 Å². The Morgan fingerprint density at radius 3 is 1.79 bits per heavy atom. The number of hydrogen-bond donors (Lipinski definition) is 0. The Balaban J connectivity index is 4.02. The molecular formula is C13H29N. The lowest BCUT2D eigenvalue weighted by atomic mass is 9.86. The predicted octanol–water partition coefficient (Wildman–Crippen LogP) is 3.93. The monoisotopic (exact) mass is 199 g/mol. The van der Waals surface area contributed by atoms with E-state index in [1.165, 1.54) is 25.8 Å². The third kappa shape index (κ3) is 4.45. The molecule has 1 heteroatoms. The maximum absolute atomic E-state index is 2.49. The summed E-state index contributed by atoms with van der Waals surface area (Å²) >= 11 is 0. The van der Waals surface area contributed by atoms with Gasteiger partial charge in [0.2, 0.25) is 0 Å². The molecule has 0 heterocycles. The lowest BCUT2D eigenvalue weighted by molar-refractivity contribution is 0.128. The average Bonchev–Trinajstić information content (AvgIpc) is 2.14. The van der Waals surface area contributed by atoms with Crippen LogP contribution in [0.25, 0.3) is 0 Å². The minimum Gasteiger partial charge on any atom is -0.301 e. The fraction of sp³-hybridized carbons (Fsp3) is 1.00. The first-order valence-corrected chi connectivity index (χ1v) is 5.96. The van der Waals surface area contributed by atoms with Crippen molar-refractivity contribution in [3.8, 4) is 0 Å². The van der Waals surface area contributed by atoms with E-state index in [1.807, 2.05) is 0 Å². The van der Waals surface area contributed by atoms with Gasteiger partial charge in [0, 0.05) is 5.54 Å². The second-order valence-electron chi connectivity index (χ2n) is 5.86. The first-order valence-electron chi connectivity index (χ1n) is 5.96. The van der Waals surface area contributed by atoms with Crippen molar-refractivity contribution >= 4 is 0 Å². The molecule has 0 aliphatic rings. The highest BCUT2D eigenvalue weighted by molar-refractivity contribution is 4.79. The predicted molar refractivity (Wildman–Crippen MR) is 65.7 cm³/mol. The first-order chi connectivity index (χ1) is 6.25. The maximum atomic E-state index is 2.49. The Bertz CT molecular complexity index is 159. The number of nitrogens with zero attached hydrogens (tertiary/aromatic N) is 1. The molecule has 0 aromatic rings. The summed E-state index contributed by atoms with van der Waals surface area (Å²) in [5, 5.41) is 0. The smallest absolute Gasteiger partial charge is 0.0147 e. The molecule has 0 radical (unpaired) electrons. The Morgan fingerprint density at radius 1 is 0.929 bits per heavy atom. The summed E-state index contributed by atoms with van der Waals surface area (Å²) in [6.07, 6.45) is 3.78. The van der Waals surface area contributed by atoms with Crippen LogP contribution in [0.5, 0.6) is 0 Å². The Morgan fingerprint density at radius 2 is 1.43 bits per heavy atom. The standard InChI is InChI=1S/C13H29N/c1-8-12(3,4)10-11-14(7)13(5,6)9-2/h8-11H2,1-7H3. The Labute approximate surface area is 90.9 Å². The van der Waals surface area contributed by atoms with Crippen molar-refractivity contribution in [2.45, 2.75) is 66.3 Å². The van der Waals surface area contributed by atoms with Crippen molar-refractivity contribution in [2.75, 3.05) is 13.6 Å². The Hall–Kier alpha value is -0.0400. The van der Waals surface area contributed by atoms with Crippen LogP contribution in [0.1, 0.15) is 60.8 Å². The van der Waals surface area contributed by atoms with E-state index in [1.54, 1.807) is 0 Å². The van der Waals surface area contributed by atoms with Crippen LogP contribution < -0.4 is 0 Å². The van der Waals surface area contributed by atoms with Crippen LogP contribution in [0.3, 0.4) is 0 Å². The summed E-state index contributed by atoms with van der Waals surface area (Å²) in [6.45, 7) is 15.1. The van der Waals surface area contributed by atoms with Gasteiger partial charge in [-0.1, -0.05) is 34.1 Å². The normalized spacial score (nSPS) is 13.7. The summed E-state index contributed by atoms with van der Waals surface area (Å²) < 4.78 is 0. The van der Waals surface area contributed by atoms with Crippen molar-refractivity contribution < 1.29 is 0 Å². The molecule has 0 aromatic heterocycles. The van der Waals surface area contributed by atoms with Gasteiger partial charge >= 0.3 is 0 Å². The molecule has 0 rings (SSSR count). The minimum absolute atomic E-state index is 0.351. The average molecular weight is 199 g/mol. The van der Waals surface area contributed by atoms with Crippen molar-refractivity contribution in [3.63, 3.8) is 0 Å². The number of rotatable bonds is 6. The van der Waals surface area contributed by atoms with Gasteiger partial charge in [-0.25, -0.2) is 0 Å². The van der Waals surface area contributed by atoms with Crippen LogP contribution in [0.4, 0.5) is 0 Å². The highest BCUT2D eigenvalue weighted by Gasteiger charge is 2.23. The molecule has 0 N–H and O–H groups in total. The Kier molecular flexibility index (Phi) is 5.14. The van der Waals surface area contributed by atoms with Crippen LogP contribution in [0.15, 0.2) is 0 Å². The van der Waals surface area contributed by atoms with Crippen LogP contribution in [0, 0.1) is 5.41 Å². The summed E-state index contributed by atoms with van der Waals surface area (Å²) in [4.78, 5) is 2.49. The quantitative estimate of drug-likeness (QED) is 0.626. The molecule has 0 bridgehead atoms. The molecule has 0 saturated heterocycles. The van der Waals surface area contributed by atoms with Crippen LogP contribution >= 0.6 is 0 Å². The fourth-order valence-corrected chi connectivity index (χ4v) is 1.22. The topological polar surface area (TPSA) is 3.24 Å². The number of hydrogen-bond acceptors (Lipinski definition) is 1. The van der Waals surface area contributed by atoms with Crippen molar-refractivity contribution in [3.05, 3.63) is 0 Å². The van der Waals surface area contributed by atoms with E-state index in [4.69, 9.17) is 0 Å². The second kappa shape index (κ2) is 5.16. The molecule has 0 aliphatic carbocycles. The zero-order valence-corrected chi connectivity index (χ0v) is 11.3. The lowest BCUT2D eigenvalue weighted by Crippen LogP contribution is -2.42. The van der Waals surface area contributed by atoms with E-state index in [9.17, 15) is 0 Å². The van der Waals surface area contributed by atoms with E-state index in [2.05, 4.69) is 53.5 Å². The zero-order valence-electron chi connectivity index (χ0n) is 11.3. The van der Waals surface area contributed by atoms with Crippen LogP contribution in [-0.2, 0) is 0 Å². The second-order valence-corrected chi connectivity index (χ2v) is 5.86. The zero-order chi connectivity index (χ0) is 11.4. The van der Waals surface area contributed by atoms with Gasteiger partial charge in [0.25, 0.3) is 0 Å². The molecule has 86 valence electrons. The molecule has 0 aromatic carbocycles. The third-order valence-corrected chi connectivity index (χ3v) is 3.98. The summed E-state index contributed by atoms with van der Waals surface area (Å²) in [7, 11) is 2.25. The van der Waals surface area contributed by atoms with E-state index in [0.717, 1.165) is 0 Å². The molecule has 1 nitrogen and oxygen atoms in total. The molecule has 0 spiro atoms. The van der Waals surface area contributed by atoms with Crippen LogP contribution in [0.2, 0.25) is 0 Å². The molecule has 0 unspecified atom stereocenters. The van der Waals surface area contributed by atoms with E-state index in [-0.39, 0.29) is 0 Å². The van der Waals surface area contributed by atoms with Gasteiger partial charge in [0.15, 0.2) is 0 Å². The molecule has 0 atom stereocenters. The van der Waals surface area contributed by atoms with Gasteiger partial charge < -0.3 is 4.90 Å². The van der Waals surface area contributed by atoms with Gasteiger partial charge in [0.05, 0.1) is 0 Å². The molecule has 0 fully saturated rings. The van der Waals surface area contributed by atoms with Gasteiger partial charge in [-0.05, 0) is 45.7 Å². The SMILES string of the molecule is CCC(C)(C)CCN(C)C(C)(C)CC. The molecule has 0 amide bonds. The lowest BCUT2D eigenvalue weighted by Gasteiger charge is -2.37. The largest absolute Gasteiger partial charge is 0.301 e. The summed E-state index contributed by atoms with van der Waals surface area (Å²) in [5.41, 5.74) is 0.849. The van der Waals surface area contributed by atoms with Gasteiger partial charge in [0.1, 0.15) is 0 Å². The van der Waals surface area contributed by atoms with Gasteiger partial charge in [-0.3, -0.25) is 0 Å². The highest BCUT2D eigenvalue weighted by Crippen LogP contribution is 2.26. The highest BCUT2D eigenvalue weighted by atomic mass is 15.2. The summed E-state index contributed by atoms with van der Waals surface area (Å²) in [6, 6.07) is 0. The maximum Gasteiger partial charge on any atom is 0.0147 e. The van der Waals surface area contributed by atoms with E-state index >= 15 is 0 Å². The fourth-order valence-electron chi connectivity index (χ4n) is 1.22. The van der Waals surface area contributed by atoms with Gasteiger partial charge in [-0.2, -0.15) is 0 Å². The molecular weight excluding hydrogens is 170 g/mol. The van der Waals surface area contributed by atoms with Crippen molar-refractivity contribution in [2.24, 2.45) is 5.41 Å².